The van der Waals surface area contributed by atoms with Crippen molar-refractivity contribution in [2.45, 2.75) is 40.2 Å². The van der Waals surface area contributed by atoms with Crippen molar-refractivity contribution in [2.75, 3.05) is 29.0 Å². The van der Waals surface area contributed by atoms with Crippen molar-refractivity contribution in [1.29, 1.82) is 0 Å². The fourth-order valence-corrected chi connectivity index (χ4v) is 2.89. The fraction of sp³-hybridized carbons (Fsp3) is 0.714. The van der Waals surface area contributed by atoms with E-state index in [0.717, 1.165) is 24.7 Å². The normalized spacial score (nSPS) is 27.4. The Balaban J connectivity index is 2.28. The van der Waals surface area contributed by atoms with E-state index in [-0.39, 0.29) is 0 Å². The molecule has 1 aliphatic heterocycles. The summed E-state index contributed by atoms with van der Waals surface area (Å²) < 4.78 is 0. The zero-order chi connectivity index (χ0) is 14.0. The fourth-order valence-electron chi connectivity index (χ4n) is 2.89. The summed E-state index contributed by atoms with van der Waals surface area (Å²) in [6.07, 6.45) is 1.28. The van der Waals surface area contributed by atoms with Crippen LogP contribution in [-0.4, -0.2) is 29.1 Å². The summed E-state index contributed by atoms with van der Waals surface area (Å²) in [5.74, 6) is 3.44. The van der Waals surface area contributed by atoms with Gasteiger partial charge in [-0.05, 0) is 32.1 Å². The van der Waals surface area contributed by atoms with E-state index < -0.39 is 0 Å². The van der Waals surface area contributed by atoms with Crippen molar-refractivity contribution in [2.24, 2.45) is 11.8 Å². The highest BCUT2D eigenvalue weighted by molar-refractivity contribution is 5.53. The number of anilines is 3. The Bertz CT molecular complexity index is 434. The molecular weight excluding hydrogens is 238 g/mol. The van der Waals surface area contributed by atoms with Crippen molar-refractivity contribution in [3.63, 3.8) is 0 Å². The van der Waals surface area contributed by atoms with Crippen molar-refractivity contribution >= 4 is 17.6 Å². The molecule has 3 N–H and O–H groups in total. The monoisotopic (exact) mass is 263 g/mol. The van der Waals surface area contributed by atoms with Gasteiger partial charge in [-0.25, -0.2) is 0 Å². The van der Waals surface area contributed by atoms with E-state index in [1.807, 2.05) is 13.0 Å². The summed E-state index contributed by atoms with van der Waals surface area (Å²) >= 11 is 0. The summed E-state index contributed by atoms with van der Waals surface area (Å²) in [7, 11) is 0. The predicted molar refractivity (Wildman–Crippen MR) is 80.4 cm³/mol. The van der Waals surface area contributed by atoms with Gasteiger partial charge < -0.3 is 16.0 Å². The van der Waals surface area contributed by atoms with Crippen LogP contribution in [0.1, 0.15) is 34.1 Å². The van der Waals surface area contributed by atoms with E-state index in [2.05, 4.69) is 41.0 Å². The first kappa shape index (κ1) is 13.9. The predicted octanol–water partition coefficient (Wildman–Crippen LogP) is 2.36. The molecular formula is C14H25N5. The molecule has 0 aliphatic carbocycles. The van der Waals surface area contributed by atoms with Gasteiger partial charge in [0.15, 0.2) is 0 Å². The summed E-state index contributed by atoms with van der Waals surface area (Å²) in [6.45, 7) is 10.8. The number of nitrogens with one attached hydrogen (secondary N) is 1. The average molecular weight is 263 g/mol. The van der Waals surface area contributed by atoms with Gasteiger partial charge in [0.1, 0.15) is 11.6 Å². The largest absolute Gasteiger partial charge is 0.370 e. The summed E-state index contributed by atoms with van der Waals surface area (Å²) in [5, 5.41) is 3.21. The zero-order valence-electron chi connectivity index (χ0n) is 12.3. The van der Waals surface area contributed by atoms with Crippen LogP contribution in [0.15, 0.2) is 6.07 Å². The number of piperidine rings is 1. The van der Waals surface area contributed by atoms with Crippen LogP contribution in [0.4, 0.5) is 17.6 Å². The third-order valence-electron chi connectivity index (χ3n) is 3.98. The first-order valence-corrected chi connectivity index (χ1v) is 7.16. The van der Waals surface area contributed by atoms with Crippen molar-refractivity contribution in [3.8, 4) is 0 Å². The van der Waals surface area contributed by atoms with Crippen LogP contribution < -0.4 is 16.0 Å². The molecule has 2 rings (SSSR count). The molecule has 5 heteroatoms. The van der Waals surface area contributed by atoms with Crippen molar-refractivity contribution in [3.05, 3.63) is 6.07 Å². The third-order valence-corrected chi connectivity index (χ3v) is 3.98. The Kier molecular flexibility index (Phi) is 4.12. The van der Waals surface area contributed by atoms with Gasteiger partial charge >= 0.3 is 0 Å². The number of nitrogens with two attached hydrogens (primary N) is 1. The first-order valence-electron chi connectivity index (χ1n) is 7.16. The highest BCUT2D eigenvalue weighted by Crippen LogP contribution is 2.31. The molecule has 0 bridgehead atoms. The lowest BCUT2D eigenvalue weighted by Gasteiger charge is -2.42. The van der Waals surface area contributed by atoms with E-state index in [4.69, 9.17) is 5.73 Å². The quantitative estimate of drug-likeness (QED) is 0.876. The Morgan fingerprint density at radius 1 is 1.37 bits per heavy atom. The van der Waals surface area contributed by atoms with E-state index >= 15 is 0 Å². The minimum atomic E-state index is 0.339. The minimum absolute atomic E-state index is 0.339. The Morgan fingerprint density at radius 2 is 2.11 bits per heavy atom. The molecule has 0 spiro atoms. The average Bonchev–Trinajstić information content (AvgIpc) is 2.33. The minimum Gasteiger partial charge on any atom is -0.370 e. The van der Waals surface area contributed by atoms with Gasteiger partial charge in [-0.2, -0.15) is 9.97 Å². The number of hydrogen-bond acceptors (Lipinski definition) is 5. The summed E-state index contributed by atoms with van der Waals surface area (Å²) in [5.41, 5.74) is 5.82. The topological polar surface area (TPSA) is 67.1 Å². The van der Waals surface area contributed by atoms with Crippen LogP contribution in [0.25, 0.3) is 0 Å². The van der Waals surface area contributed by atoms with Gasteiger partial charge in [0.2, 0.25) is 5.95 Å². The van der Waals surface area contributed by atoms with E-state index in [0.29, 0.717) is 23.8 Å². The van der Waals surface area contributed by atoms with Crippen LogP contribution in [0.3, 0.4) is 0 Å². The smallest absolute Gasteiger partial charge is 0.223 e. The highest BCUT2D eigenvalue weighted by atomic mass is 15.2. The standard InChI is InChI=1S/C14H25N5/c1-5-16-12-7-13(18-14(15)17-12)19-8-9(2)6-10(3)11(19)4/h7,9-11H,5-6,8H2,1-4H3,(H3,15,16,17,18). The number of nitrogen functional groups attached to an aromatic ring is 1. The highest BCUT2D eigenvalue weighted by Gasteiger charge is 2.29. The molecule has 1 aromatic heterocycles. The second-order valence-electron chi connectivity index (χ2n) is 5.71. The number of hydrogen-bond donors (Lipinski definition) is 2. The molecule has 1 aliphatic rings. The van der Waals surface area contributed by atoms with Crippen LogP contribution in [0, 0.1) is 11.8 Å². The molecule has 2 heterocycles. The van der Waals surface area contributed by atoms with Crippen LogP contribution >= 0.6 is 0 Å². The molecule has 3 unspecified atom stereocenters. The number of nitrogens with zero attached hydrogens (tertiary/aromatic N) is 3. The SMILES string of the molecule is CCNc1cc(N2CC(C)CC(C)C2C)nc(N)n1. The molecule has 106 valence electrons. The Morgan fingerprint density at radius 3 is 2.79 bits per heavy atom. The number of aromatic nitrogens is 2. The second-order valence-corrected chi connectivity index (χ2v) is 5.71. The summed E-state index contributed by atoms with van der Waals surface area (Å²) in [6, 6.07) is 2.49. The Hall–Kier alpha value is -1.52. The molecule has 0 radical (unpaired) electrons. The maximum absolute atomic E-state index is 5.82. The lowest BCUT2D eigenvalue weighted by Crippen LogP contribution is -2.46. The molecule has 1 aromatic rings. The summed E-state index contributed by atoms with van der Waals surface area (Å²) in [4.78, 5) is 11.0. The first-order chi connectivity index (χ1) is 9.01. The zero-order valence-corrected chi connectivity index (χ0v) is 12.3. The van der Waals surface area contributed by atoms with Gasteiger partial charge in [-0.1, -0.05) is 13.8 Å². The lowest BCUT2D eigenvalue weighted by molar-refractivity contribution is 0.295. The van der Waals surface area contributed by atoms with Gasteiger partial charge in [0, 0.05) is 25.2 Å². The molecule has 5 nitrogen and oxygen atoms in total. The van der Waals surface area contributed by atoms with Gasteiger partial charge in [0.05, 0.1) is 0 Å². The van der Waals surface area contributed by atoms with Crippen LogP contribution in [-0.2, 0) is 0 Å². The van der Waals surface area contributed by atoms with Gasteiger partial charge in [0.25, 0.3) is 0 Å². The van der Waals surface area contributed by atoms with Crippen LogP contribution in [0.2, 0.25) is 0 Å². The van der Waals surface area contributed by atoms with E-state index in [1.54, 1.807) is 0 Å². The van der Waals surface area contributed by atoms with Crippen LogP contribution in [0.5, 0.6) is 0 Å². The third kappa shape index (κ3) is 3.08. The number of rotatable bonds is 3. The lowest BCUT2D eigenvalue weighted by atomic mass is 9.86. The Labute approximate surface area is 115 Å². The molecule has 0 amide bonds. The van der Waals surface area contributed by atoms with Crippen molar-refractivity contribution in [1.82, 2.24) is 9.97 Å². The molecule has 1 fully saturated rings. The van der Waals surface area contributed by atoms with Gasteiger partial charge in [-0.3, -0.25) is 0 Å². The molecule has 0 aromatic carbocycles. The second kappa shape index (κ2) is 5.63. The molecule has 1 saturated heterocycles. The molecule has 19 heavy (non-hydrogen) atoms. The van der Waals surface area contributed by atoms with Gasteiger partial charge in [-0.15, -0.1) is 0 Å². The van der Waals surface area contributed by atoms with Crippen molar-refractivity contribution < 1.29 is 0 Å². The van der Waals surface area contributed by atoms with E-state index in [9.17, 15) is 0 Å². The van der Waals surface area contributed by atoms with E-state index in [1.165, 1.54) is 6.42 Å². The molecule has 3 atom stereocenters. The maximum atomic E-state index is 5.82. The maximum Gasteiger partial charge on any atom is 0.223 e. The molecule has 0 saturated carbocycles.